The Morgan fingerprint density at radius 3 is 1.27 bits per heavy atom. The van der Waals surface area contributed by atoms with Crippen molar-refractivity contribution in [2.75, 3.05) is 0 Å². The SMILES string of the molecule is [B][Si](C)(OOC(C)(C)C)OOC(C)(C)C. The monoisotopic (exact) mass is 232 g/mol. The molecular formula is C9H21BO4Si. The average molecular weight is 232 g/mol. The molecule has 0 spiro atoms. The summed E-state index contributed by atoms with van der Waals surface area (Å²) >= 11 is 0. The maximum atomic E-state index is 5.78. The van der Waals surface area contributed by atoms with Gasteiger partial charge in [-0.25, -0.2) is 9.78 Å². The second-order valence-electron chi connectivity index (χ2n) is 5.57. The van der Waals surface area contributed by atoms with Crippen LogP contribution in [0.25, 0.3) is 0 Å². The van der Waals surface area contributed by atoms with Crippen molar-refractivity contribution in [3.8, 4) is 0 Å². The Kier molecular flexibility index (Phi) is 5.01. The lowest BCUT2D eigenvalue weighted by Crippen LogP contribution is -2.44. The van der Waals surface area contributed by atoms with Crippen LogP contribution in [0.2, 0.25) is 6.55 Å². The summed E-state index contributed by atoms with van der Waals surface area (Å²) in [6.45, 7) is 12.8. The molecule has 0 unspecified atom stereocenters. The zero-order valence-corrected chi connectivity index (χ0v) is 11.7. The van der Waals surface area contributed by atoms with Crippen LogP contribution < -0.4 is 0 Å². The van der Waals surface area contributed by atoms with E-state index in [9.17, 15) is 0 Å². The van der Waals surface area contributed by atoms with Gasteiger partial charge in [0.15, 0.2) is 0 Å². The Balaban J connectivity index is 3.98. The van der Waals surface area contributed by atoms with E-state index < -0.39 is 19.6 Å². The van der Waals surface area contributed by atoms with E-state index in [1.165, 1.54) is 0 Å². The minimum Gasteiger partial charge on any atom is -0.259 e. The summed E-state index contributed by atoms with van der Waals surface area (Å²) in [6, 6.07) is 0. The first kappa shape index (κ1) is 15.1. The highest BCUT2D eigenvalue weighted by molar-refractivity contribution is 7.08. The second kappa shape index (κ2) is 4.97. The van der Waals surface area contributed by atoms with Gasteiger partial charge in [-0.05, 0) is 48.1 Å². The van der Waals surface area contributed by atoms with Crippen LogP contribution in [0.1, 0.15) is 41.5 Å². The molecule has 0 heterocycles. The van der Waals surface area contributed by atoms with Gasteiger partial charge in [-0.3, -0.25) is 9.15 Å². The van der Waals surface area contributed by atoms with Gasteiger partial charge in [0.2, 0.25) is 0 Å². The molecule has 4 nitrogen and oxygen atoms in total. The molecule has 0 aliphatic rings. The Labute approximate surface area is 94.7 Å². The smallest absolute Gasteiger partial charge is 0.259 e. The summed E-state index contributed by atoms with van der Waals surface area (Å²) in [5.41, 5.74) is -0.836. The van der Waals surface area contributed by atoms with Crippen LogP contribution in [0.15, 0.2) is 0 Å². The van der Waals surface area contributed by atoms with Gasteiger partial charge in [0.25, 0.3) is 0 Å². The van der Waals surface area contributed by atoms with Crippen molar-refractivity contribution >= 4 is 15.9 Å². The summed E-state index contributed by atoms with van der Waals surface area (Å²) in [7, 11) is 2.91. The maximum Gasteiger partial charge on any atom is 0.351 e. The molecule has 0 aromatic carbocycles. The van der Waals surface area contributed by atoms with Crippen LogP contribution in [0, 0.1) is 0 Å². The first-order chi connectivity index (χ1) is 6.41. The zero-order chi connectivity index (χ0) is 12.3. The lowest BCUT2D eigenvalue weighted by atomic mass is 10.2. The van der Waals surface area contributed by atoms with E-state index >= 15 is 0 Å². The molecule has 0 rings (SSSR count). The van der Waals surface area contributed by atoms with Crippen molar-refractivity contribution in [3.63, 3.8) is 0 Å². The third-order valence-electron chi connectivity index (χ3n) is 0.914. The third kappa shape index (κ3) is 10.4. The Bertz CT molecular complexity index is 175. The average Bonchev–Trinajstić information content (AvgIpc) is 1.96. The Hall–Kier alpha value is 0.122. The van der Waals surface area contributed by atoms with Crippen LogP contribution in [0.5, 0.6) is 0 Å². The van der Waals surface area contributed by atoms with E-state index in [0.29, 0.717) is 0 Å². The molecular weight excluding hydrogens is 211 g/mol. The quantitative estimate of drug-likeness (QED) is 0.423. The molecule has 0 bridgehead atoms. The fourth-order valence-corrected chi connectivity index (χ4v) is 1.29. The molecule has 0 saturated carbocycles. The maximum absolute atomic E-state index is 5.78. The predicted molar refractivity (Wildman–Crippen MR) is 61.2 cm³/mol. The van der Waals surface area contributed by atoms with Crippen molar-refractivity contribution in [3.05, 3.63) is 0 Å². The molecule has 2 radical (unpaired) electrons. The van der Waals surface area contributed by atoms with Gasteiger partial charge in [-0.1, -0.05) is 0 Å². The van der Waals surface area contributed by atoms with Crippen molar-refractivity contribution in [1.29, 1.82) is 0 Å². The molecule has 15 heavy (non-hydrogen) atoms. The number of hydrogen-bond donors (Lipinski definition) is 0. The molecule has 0 saturated heterocycles. The molecule has 0 amide bonds. The van der Waals surface area contributed by atoms with Crippen molar-refractivity contribution < 1.29 is 18.9 Å². The minimum atomic E-state index is -2.87. The Morgan fingerprint density at radius 1 is 0.800 bits per heavy atom. The molecule has 0 aromatic rings. The molecule has 0 fully saturated rings. The van der Waals surface area contributed by atoms with Gasteiger partial charge in [0.05, 0.1) is 11.2 Å². The zero-order valence-electron chi connectivity index (χ0n) is 10.7. The van der Waals surface area contributed by atoms with Crippen LogP contribution in [-0.2, 0) is 18.9 Å². The number of hydrogen-bond acceptors (Lipinski definition) is 4. The van der Waals surface area contributed by atoms with Crippen molar-refractivity contribution in [2.45, 2.75) is 59.3 Å². The van der Waals surface area contributed by atoms with Gasteiger partial charge in [0, 0.05) is 0 Å². The molecule has 6 heteroatoms. The van der Waals surface area contributed by atoms with Crippen LogP contribution in [0.3, 0.4) is 0 Å². The molecule has 88 valence electrons. The summed E-state index contributed by atoms with van der Waals surface area (Å²) in [5.74, 6) is 0. The minimum absolute atomic E-state index is 0.418. The fourth-order valence-electron chi connectivity index (χ4n) is 0.429. The lowest BCUT2D eigenvalue weighted by Gasteiger charge is -2.29. The van der Waals surface area contributed by atoms with E-state index in [-0.39, 0.29) is 0 Å². The van der Waals surface area contributed by atoms with Gasteiger partial charge < -0.3 is 0 Å². The van der Waals surface area contributed by atoms with Crippen LogP contribution in [-0.4, -0.2) is 27.1 Å². The van der Waals surface area contributed by atoms with Crippen LogP contribution in [0.4, 0.5) is 0 Å². The lowest BCUT2D eigenvalue weighted by molar-refractivity contribution is -0.343. The summed E-state index contributed by atoms with van der Waals surface area (Å²) in [5, 5.41) is 0. The predicted octanol–water partition coefficient (Wildman–Crippen LogP) is 2.22. The van der Waals surface area contributed by atoms with Crippen molar-refractivity contribution in [2.24, 2.45) is 0 Å². The van der Waals surface area contributed by atoms with Crippen molar-refractivity contribution in [1.82, 2.24) is 0 Å². The van der Waals surface area contributed by atoms with Crippen LogP contribution >= 0.6 is 0 Å². The summed E-state index contributed by atoms with van der Waals surface area (Å²) in [6.07, 6.45) is 0. The highest BCUT2D eigenvalue weighted by Crippen LogP contribution is 2.15. The van der Waals surface area contributed by atoms with E-state index in [4.69, 9.17) is 26.4 Å². The van der Waals surface area contributed by atoms with E-state index in [1.54, 1.807) is 6.55 Å². The van der Waals surface area contributed by atoms with E-state index in [1.807, 2.05) is 41.5 Å². The van der Waals surface area contributed by atoms with E-state index in [2.05, 4.69) is 0 Å². The normalized spacial score (nSPS) is 14.3. The summed E-state index contributed by atoms with van der Waals surface area (Å²) < 4.78 is 10.1. The second-order valence-corrected chi connectivity index (χ2v) is 7.94. The highest BCUT2D eigenvalue weighted by Gasteiger charge is 2.31. The Morgan fingerprint density at radius 2 is 1.07 bits per heavy atom. The van der Waals surface area contributed by atoms with Gasteiger partial charge in [-0.2, -0.15) is 0 Å². The number of rotatable bonds is 4. The van der Waals surface area contributed by atoms with E-state index in [0.717, 1.165) is 0 Å². The topological polar surface area (TPSA) is 36.9 Å². The largest absolute Gasteiger partial charge is 0.351 e. The molecule has 0 N–H and O–H groups in total. The third-order valence-corrected chi connectivity index (χ3v) is 1.74. The molecule has 0 aromatic heterocycles. The first-order valence-corrected chi connectivity index (χ1v) is 7.33. The standard InChI is InChI=1S/C9H21BO4Si/c1-8(2,3)11-13-15(7,10)14-12-9(4,5)6/h1-7H3. The van der Waals surface area contributed by atoms with Gasteiger partial charge in [-0.15, -0.1) is 0 Å². The molecule has 0 atom stereocenters. The van der Waals surface area contributed by atoms with Gasteiger partial charge >= 0.3 is 8.43 Å². The first-order valence-electron chi connectivity index (χ1n) is 4.94. The van der Waals surface area contributed by atoms with Gasteiger partial charge in [0.1, 0.15) is 7.44 Å². The molecule has 0 aliphatic heterocycles. The summed E-state index contributed by atoms with van der Waals surface area (Å²) in [4.78, 5) is 10.2. The fraction of sp³-hybridized carbons (Fsp3) is 1.00. The molecule has 0 aliphatic carbocycles. The highest BCUT2D eigenvalue weighted by atomic mass is 28.4.